The third kappa shape index (κ3) is 3.04. The molecule has 0 unspecified atom stereocenters. The predicted octanol–water partition coefficient (Wildman–Crippen LogP) is 1.44. The van der Waals surface area contributed by atoms with E-state index >= 15 is 0 Å². The van der Waals surface area contributed by atoms with Crippen LogP contribution in [-0.4, -0.2) is 13.4 Å². The molecule has 0 atom stereocenters. The summed E-state index contributed by atoms with van der Waals surface area (Å²) in [7, 11) is -2.37. The molecule has 2 rings (SSSR count). The number of nitrogens with zero attached hydrogens (tertiary/aromatic N) is 1. The zero-order valence-corrected chi connectivity index (χ0v) is 9.93. The standard InChI is InChI=1S/C12H12N2O2S/c13-12-6-5-11(7-14-12)10-3-1-9(2-4-10)8-17(15)16/h1-7,17H,8H2,(H2,13,14). The first-order chi connectivity index (χ1) is 8.15. The van der Waals surface area contributed by atoms with E-state index < -0.39 is 10.7 Å². The van der Waals surface area contributed by atoms with Crippen molar-refractivity contribution < 1.29 is 8.42 Å². The van der Waals surface area contributed by atoms with Crippen molar-refractivity contribution in [2.24, 2.45) is 0 Å². The first-order valence-corrected chi connectivity index (χ1v) is 6.44. The largest absolute Gasteiger partial charge is 0.384 e. The highest BCUT2D eigenvalue weighted by Crippen LogP contribution is 2.19. The molecule has 1 aromatic carbocycles. The van der Waals surface area contributed by atoms with Crippen LogP contribution >= 0.6 is 0 Å². The molecule has 88 valence electrons. The molecule has 5 heteroatoms. The normalized spacial score (nSPS) is 10.6. The van der Waals surface area contributed by atoms with Crippen LogP contribution in [0.1, 0.15) is 5.56 Å². The summed E-state index contributed by atoms with van der Waals surface area (Å²) in [4.78, 5) is 4.01. The second-order valence-electron chi connectivity index (χ2n) is 3.66. The number of anilines is 1. The molecule has 1 heterocycles. The van der Waals surface area contributed by atoms with Crippen LogP contribution in [0.2, 0.25) is 0 Å². The Morgan fingerprint density at radius 1 is 1.00 bits per heavy atom. The second kappa shape index (κ2) is 4.97. The van der Waals surface area contributed by atoms with E-state index in [0.29, 0.717) is 5.82 Å². The highest BCUT2D eigenvalue weighted by Gasteiger charge is 1.99. The van der Waals surface area contributed by atoms with Gasteiger partial charge in [-0.1, -0.05) is 24.3 Å². The SMILES string of the molecule is Nc1ccc(-c2ccc(C[SH](=O)=O)cc2)cn1. The van der Waals surface area contributed by atoms with Gasteiger partial charge in [0.2, 0.25) is 0 Å². The van der Waals surface area contributed by atoms with Gasteiger partial charge in [-0.3, -0.25) is 0 Å². The number of hydrogen-bond acceptors (Lipinski definition) is 4. The minimum atomic E-state index is -2.37. The van der Waals surface area contributed by atoms with E-state index in [4.69, 9.17) is 5.73 Å². The molecule has 0 amide bonds. The maximum Gasteiger partial charge on any atom is 0.144 e. The Kier molecular flexibility index (Phi) is 3.39. The highest BCUT2D eigenvalue weighted by molar-refractivity contribution is 7.71. The van der Waals surface area contributed by atoms with Gasteiger partial charge >= 0.3 is 0 Å². The molecule has 0 aliphatic heterocycles. The molecule has 0 aliphatic rings. The number of hydrogen-bond donors (Lipinski definition) is 2. The monoisotopic (exact) mass is 248 g/mol. The van der Waals surface area contributed by atoms with Crippen molar-refractivity contribution in [3.8, 4) is 11.1 Å². The van der Waals surface area contributed by atoms with Gasteiger partial charge in [0.1, 0.15) is 16.5 Å². The van der Waals surface area contributed by atoms with Crippen molar-refractivity contribution in [2.45, 2.75) is 5.75 Å². The summed E-state index contributed by atoms with van der Waals surface area (Å²) < 4.78 is 21.1. The van der Waals surface area contributed by atoms with Gasteiger partial charge in [-0.05, 0) is 23.3 Å². The molecule has 0 aliphatic carbocycles. The highest BCUT2D eigenvalue weighted by atomic mass is 32.2. The third-order valence-corrected chi connectivity index (χ3v) is 3.01. The molecule has 0 spiro atoms. The van der Waals surface area contributed by atoms with Crippen LogP contribution in [0.15, 0.2) is 42.6 Å². The van der Waals surface area contributed by atoms with Crippen LogP contribution in [0.25, 0.3) is 11.1 Å². The Balaban J connectivity index is 2.26. The van der Waals surface area contributed by atoms with Crippen molar-refractivity contribution in [3.05, 3.63) is 48.2 Å². The van der Waals surface area contributed by atoms with E-state index in [0.717, 1.165) is 16.7 Å². The van der Waals surface area contributed by atoms with Crippen molar-refractivity contribution in [2.75, 3.05) is 5.73 Å². The average Bonchev–Trinajstić information content (AvgIpc) is 2.30. The summed E-state index contributed by atoms with van der Waals surface area (Å²) in [6.45, 7) is 0. The Bertz CT molecular complexity index is 566. The number of pyridine rings is 1. The molecule has 0 radical (unpaired) electrons. The summed E-state index contributed by atoms with van der Waals surface area (Å²) in [5.74, 6) is 0.559. The number of rotatable bonds is 3. The number of benzene rings is 1. The molecule has 0 fully saturated rings. The fourth-order valence-electron chi connectivity index (χ4n) is 1.53. The molecule has 0 saturated carbocycles. The summed E-state index contributed by atoms with van der Waals surface area (Å²) in [5.41, 5.74) is 8.23. The van der Waals surface area contributed by atoms with Gasteiger partial charge in [0.15, 0.2) is 0 Å². The third-order valence-electron chi connectivity index (χ3n) is 2.39. The van der Waals surface area contributed by atoms with Crippen LogP contribution in [0.4, 0.5) is 5.82 Å². The maximum absolute atomic E-state index is 10.6. The second-order valence-corrected chi connectivity index (χ2v) is 4.64. The minimum Gasteiger partial charge on any atom is -0.384 e. The van der Waals surface area contributed by atoms with Crippen LogP contribution < -0.4 is 5.73 Å². The van der Waals surface area contributed by atoms with Gasteiger partial charge in [0.25, 0.3) is 0 Å². The lowest BCUT2D eigenvalue weighted by atomic mass is 10.1. The zero-order chi connectivity index (χ0) is 12.3. The number of nitrogens with two attached hydrogens (primary N) is 1. The maximum atomic E-state index is 10.6. The van der Waals surface area contributed by atoms with E-state index in [-0.39, 0.29) is 5.75 Å². The van der Waals surface area contributed by atoms with Crippen LogP contribution in [0.5, 0.6) is 0 Å². The van der Waals surface area contributed by atoms with E-state index in [1.807, 2.05) is 18.2 Å². The molecule has 2 N–H and O–H groups in total. The molecule has 4 nitrogen and oxygen atoms in total. The van der Waals surface area contributed by atoms with Gasteiger partial charge in [-0.15, -0.1) is 0 Å². The first-order valence-electron chi connectivity index (χ1n) is 5.08. The number of thiol groups is 1. The predicted molar refractivity (Wildman–Crippen MR) is 68.1 cm³/mol. The molecule has 17 heavy (non-hydrogen) atoms. The molecule has 2 aromatic rings. The van der Waals surface area contributed by atoms with Crippen molar-refractivity contribution in [3.63, 3.8) is 0 Å². The van der Waals surface area contributed by atoms with Crippen LogP contribution in [-0.2, 0) is 16.5 Å². The summed E-state index contributed by atoms with van der Waals surface area (Å²) in [6, 6.07) is 11.0. The fourth-order valence-corrected chi connectivity index (χ4v) is 2.04. The lowest BCUT2D eigenvalue weighted by Gasteiger charge is -2.02. The van der Waals surface area contributed by atoms with Crippen LogP contribution in [0, 0.1) is 0 Å². The van der Waals surface area contributed by atoms with E-state index in [9.17, 15) is 8.42 Å². The van der Waals surface area contributed by atoms with E-state index in [1.54, 1.807) is 24.4 Å². The lowest BCUT2D eigenvalue weighted by molar-refractivity contribution is 0.614. The summed E-state index contributed by atoms with van der Waals surface area (Å²) >= 11 is 0. The first kappa shape index (κ1) is 11.6. The van der Waals surface area contributed by atoms with Gasteiger partial charge in [0.05, 0.1) is 5.75 Å². The average molecular weight is 248 g/mol. The van der Waals surface area contributed by atoms with E-state index in [2.05, 4.69) is 4.98 Å². The number of nitrogen functional groups attached to an aromatic ring is 1. The van der Waals surface area contributed by atoms with Crippen LogP contribution in [0.3, 0.4) is 0 Å². The molecule has 0 bridgehead atoms. The van der Waals surface area contributed by atoms with Gasteiger partial charge in [-0.2, -0.15) is 0 Å². The van der Waals surface area contributed by atoms with Crippen molar-refractivity contribution in [1.82, 2.24) is 4.98 Å². The summed E-state index contributed by atoms with van der Waals surface area (Å²) in [5, 5.41) is 0. The summed E-state index contributed by atoms with van der Waals surface area (Å²) in [6.07, 6.45) is 1.69. The number of aromatic nitrogens is 1. The smallest absolute Gasteiger partial charge is 0.144 e. The minimum absolute atomic E-state index is 0.0790. The van der Waals surface area contributed by atoms with Crippen molar-refractivity contribution in [1.29, 1.82) is 0 Å². The van der Waals surface area contributed by atoms with Gasteiger partial charge in [-0.25, -0.2) is 13.4 Å². The lowest BCUT2D eigenvalue weighted by Crippen LogP contribution is -1.90. The fraction of sp³-hybridized carbons (Fsp3) is 0.0833. The Hall–Kier alpha value is -1.88. The Labute approximate surface area is 101 Å². The van der Waals surface area contributed by atoms with Gasteiger partial charge < -0.3 is 5.73 Å². The Morgan fingerprint density at radius 3 is 2.18 bits per heavy atom. The Morgan fingerprint density at radius 2 is 1.65 bits per heavy atom. The molecular formula is C12H12N2O2S. The molecule has 0 saturated heterocycles. The topological polar surface area (TPSA) is 73.1 Å². The van der Waals surface area contributed by atoms with E-state index in [1.165, 1.54) is 0 Å². The molecule has 1 aromatic heterocycles. The van der Waals surface area contributed by atoms with Gasteiger partial charge in [0, 0.05) is 11.8 Å². The quantitative estimate of drug-likeness (QED) is 0.806. The molecular weight excluding hydrogens is 236 g/mol. The zero-order valence-electron chi connectivity index (χ0n) is 9.04. The van der Waals surface area contributed by atoms with Crippen molar-refractivity contribution >= 4 is 16.5 Å².